The van der Waals surface area contributed by atoms with E-state index in [1.54, 1.807) is 25.3 Å². The molecule has 2 aromatic rings. The average Bonchev–Trinajstić information content (AvgIpc) is 2.61. The molecule has 7 heteroatoms. The number of thioether (sulfide) groups is 1. The lowest BCUT2D eigenvalue weighted by molar-refractivity contribution is 0.0590. The molecule has 25 heavy (non-hydrogen) atoms. The van der Waals surface area contributed by atoms with Gasteiger partial charge >= 0.3 is 5.63 Å². The Morgan fingerprint density at radius 1 is 1.36 bits per heavy atom. The van der Waals surface area contributed by atoms with Gasteiger partial charge in [0.05, 0.1) is 11.6 Å². The number of aryl methyl sites for hydroxylation is 1. The van der Waals surface area contributed by atoms with Crippen molar-refractivity contribution in [2.24, 2.45) is 0 Å². The van der Waals surface area contributed by atoms with Crippen LogP contribution in [-0.4, -0.2) is 41.2 Å². The number of likely N-dealkylation sites (tertiary alicyclic amines) is 1. The summed E-state index contributed by atoms with van der Waals surface area (Å²) >= 11 is 1.47. The largest absolute Gasteiger partial charge is 0.490 e. The van der Waals surface area contributed by atoms with Crippen LogP contribution >= 0.6 is 11.8 Å². The minimum absolute atomic E-state index is 0.00657. The van der Waals surface area contributed by atoms with Gasteiger partial charge in [-0.2, -0.15) is 0 Å². The maximum Gasteiger partial charge on any atom is 0.339 e. The molecule has 1 fully saturated rings. The van der Waals surface area contributed by atoms with Crippen LogP contribution in [0.25, 0.3) is 0 Å². The van der Waals surface area contributed by atoms with Gasteiger partial charge < -0.3 is 14.1 Å². The number of ether oxygens (including phenoxy) is 1. The van der Waals surface area contributed by atoms with Crippen LogP contribution in [0.5, 0.6) is 5.75 Å². The topological polar surface area (TPSA) is 72.6 Å². The van der Waals surface area contributed by atoms with E-state index in [0.717, 1.165) is 17.9 Å². The minimum atomic E-state index is -0.413. The zero-order valence-electron chi connectivity index (χ0n) is 14.2. The van der Waals surface area contributed by atoms with E-state index in [-0.39, 0.29) is 12.0 Å². The third-order valence-electron chi connectivity index (χ3n) is 4.09. The standard InChI is InChI=1S/C18H20N2O4S/c1-12-10-14(11-16(21)23-12)24-13-5-8-20(9-6-13)18(22)15-4-3-7-19-17(15)25-2/h3-4,7,10-11,13H,5-6,8-9H2,1-2H3. The Morgan fingerprint density at radius 3 is 2.80 bits per heavy atom. The van der Waals surface area contributed by atoms with Gasteiger partial charge in [-0.1, -0.05) is 0 Å². The number of amides is 1. The first-order chi connectivity index (χ1) is 12.1. The zero-order chi connectivity index (χ0) is 17.8. The summed E-state index contributed by atoms with van der Waals surface area (Å²) in [5.74, 6) is 1.05. The highest BCUT2D eigenvalue weighted by atomic mass is 32.2. The van der Waals surface area contributed by atoms with Crippen molar-refractivity contribution >= 4 is 17.7 Å². The van der Waals surface area contributed by atoms with Gasteiger partial charge in [0.15, 0.2) is 0 Å². The van der Waals surface area contributed by atoms with Gasteiger partial charge in [0.25, 0.3) is 5.91 Å². The number of hydrogen-bond donors (Lipinski definition) is 0. The highest BCUT2D eigenvalue weighted by Gasteiger charge is 2.26. The summed E-state index contributed by atoms with van der Waals surface area (Å²) in [6, 6.07) is 6.66. The van der Waals surface area contributed by atoms with Crippen molar-refractivity contribution in [3.63, 3.8) is 0 Å². The van der Waals surface area contributed by atoms with E-state index in [2.05, 4.69) is 4.98 Å². The van der Waals surface area contributed by atoms with Crippen LogP contribution in [0.3, 0.4) is 0 Å². The predicted molar refractivity (Wildman–Crippen MR) is 95.3 cm³/mol. The molecule has 1 aliphatic rings. The fourth-order valence-corrected chi connectivity index (χ4v) is 3.44. The Balaban J connectivity index is 1.61. The van der Waals surface area contributed by atoms with E-state index in [1.165, 1.54) is 17.8 Å². The molecule has 0 aromatic carbocycles. The van der Waals surface area contributed by atoms with Gasteiger partial charge in [-0.15, -0.1) is 11.8 Å². The number of carbonyl (C=O) groups is 1. The van der Waals surface area contributed by atoms with Gasteiger partial charge in [0.2, 0.25) is 0 Å². The molecule has 0 radical (unpaired) electrons. The lowest BCUT2D eigenvalue weighted by atomic mass is 10.1. The van der Waals surface area contributed by atoms with Crippen molar-refractivity contribution in [3.8, 4) is 5.75 Å². The smallest absolute Gasteiger partial charge is 0.339 e. The van der Waals surface area contributed by atoms with Crippen molar-refractivity contribution < 1.29 is 13.9 Å². The van der Waals surface area contributed by atoms with Crippen molar-refractivity contribution in [1.82, 2.24) is 9.88 Å². The van der Waals surface area contributed by atoms with Crippen LogP contribution < -0.4 is 10.4 Å². The number of nitrogens with zero attached hydrogens (tertiary/aromatic N) is 2. The second-order valence-electron chi connectivity index (χ2n) is 5.89. The third kappa shape index (κ3) is 4.22. The summed E-state index contributed by atoms with van der Waals surface area (Å²) in [7, 11) is 0. The van der Waals surface area contributed by atoms with E-state index >= 15 is 0 Å². The molecule has 0 aliphatic carbocycles. The maximum atomic E-state index is 12.7. The number of aromatic nitrogens is 1. The maximum absolute atomic E-state index is 12.7. The van der Waals surface area contributed by atoms with E-state index in [4.69, 9.17) is 9.15 Å². The molecular formula is C18H20N2O4S. The van der Waals surface area contributed by atoms with Crippen molar-refractivity contribution in [2.75, 3.05) is 19.3 Å². The molecule has 2 aromatic heterocycles. The normalized spacial score (nSPS) is 15.2. The zero-order valence-corrected chi connectivity index (χ0v) is 15.0. The summed E-state index contributed by atoms with van der Waals surface area (Å²) in [5.41, 5.74) is 0.231. The van der Waals surface area contributed by atoms with Crippen molar-refractivity contribution in [2.45, 2.75) is 30.9 Å². The summed E-state index contributed by atoms with van der Waals surface area (Å²) in [5, 5.41) is 0.748. The van der Waals surface area contributed by atoms with E-state index in [0.29, 0.717) is 30.2 Å². The fraction of sp³-hybridized carbons (Fsp3) is 0.389. The van der Waals surface area contributed by atoms with Gasteiger partial charge in [0.1, 0.15) is 22.6 Å². The van der Waals surface area contributed by atoms with Gasteiger partial charge in [-0.05, 0) is 25.3 Å². The van der Waals surface area contributed by atoms with Gasteiger partial charge in [-0.25, -0.2) is 9.78 Å². The van der Waals surface area contributed by atoms with E-state index < -0.39 is 5.63 Å². The predicted octanol–water partition coefficient (Wildman–Crippen LogP) is 2.75. The van der Waals surface area contributed by atoms with Crippen LogP contribution in [0.15, 0.2) is 44.7 Å². The fourth-order valence-electron chi connectivity index (χ4n) is 2.90. The Morgan fingerprint density at radius 2 is 2.12 bits per heavy atom. The summed E-state index contributed by atoms with van der Waals surface area (Å²) in [4.78, 5) is 30.2. The second kappa shape index (κ2) is 7.74. The molecule has 0 spiro atoms. The molecule has 1 saturated heterocycles. The van der Waals surface area contributed by atoms with Crippen LogP contribution in [0.1, 0.15) is 29.0 Å². The number of carbonyl (C=O) groups excluding carboxylic acids is 1. The second-order valence-corrected chi connectivity index (χ2v) is 6.69. The first-order valence-electron chi connectivity index (χ1n) is 8.13. The van der Waals surface area contributed by atoms with Crippen LogP contribution in [-0.2, 0) is 0 Å². The van der Waals surface area contributed by atoms with Gasteiger partial charge in [-0.3, -0.25) is 4.79 Å². The molecule has 0 saturated carbocycles. The highest BCUT2D eigenvalue weighted by Crippen LogP contribution is 2.23. The average molecular weight is 360 g/mol. The van der Waals surface area contributed by atoms with Crippen molar-refractivity contribution in [3.05, 3.63) is 52.2 Å². The van der Waals surface area contributed by atoms with Crippen LogP contribution in [0.4, 0.5) is 0 Å². The Hall–Kier alpha value is -2.28. The molecule has 0 atom stereocenters. The number of rotatable bonds is 4. The molecule has 0 bridgehead atoms. The summed E-state index contributed by atoms with van der Waals surface area (Å²) in [6.45, 7) is 2.95. The third-order valence-corrected chi connectivity index (χ3v) is 4.81. The molecule has 132 valence electrons. The molecule has 1 amide bonds. The Kier molecular flexibility index (Phi) is 5.43. The highest BCUT2D eigenvalue weighted by molar-refractivity contribution is 7.98. The molecule has 1 aliphatic heterocycles. The number of hydrogen-bond acceptors (Lipinski definition) is 6. The lowest BCUT2D eigenvalue weighted by Gasteiger charge is -2.32. The van der Waals surface area contributed by atoms with Crippen LogP contribution in [0.2, 0.25) is 0 Å². The monoisotopic (exact) mass is 360 g/mol. The first kappa shape index (κ1) is 17.5. The minimum Gasteiger partial charge on any atom is -0.490 e. The summed E-state index contributed by atoms with van der Waals surface area (Å²) < 4.78 is 10.8. The van der Waals surface area contributed by atoms with Crippen LogP contribution in [0, 0.1) is 6.92 Å². The Bertz CT molecular complexity index is 813. The number of piperidine rings is 1. The summed E-state index contributed by atoms with van der Waals surface area (Å²) in [6.07, 6.45) is 5.04. The first-order valence-corrected chi connectivity index (χ1v) is 9.36. The van der Waals surface area contributed by atoms with E-state index in [1.807, 2.05) is 17.2 Å². The lowest BCUT2D eigenvalue weighted by Crippen LogP contribution is -2.42. The molecule has 3 rings (SSSR count). The molecule has 6 nitrogen and oxygen atoms in total. The SMILES string of the molecule is CSc1ncccc1C(=O)N1CCC(Oc2cc(C)oc(=O)c2)CC1. The Labute approximate surface area is 150 Å². The number of pyridine rings is 1. The quantitative estimate of drug-likeness (QED) is 0.781. The molecular weight excluding hydrogens is 340 g/mol. The molecule has 0 unspecified atom stereocenters. The van der Waals surface area contributed by atoms with Crippen molar-refractivity contribution in [1.29, 1.82) is 0 Å². The van der Waals surface area contributed by atoms with E-state index in [9.17, 15) is 9.59 Å². The molecule has 3 heterocycles. The van der Waals surface area contributed by atoms with Gasteiger partial charge in [0, 0.05) is 38.2 Å². The molecule has 0 N–H and O–H groups in total.